The van der Waals surface area contributed by atoms with Crippen LogP contribution in [0.3, 0.4) is 0 Å². The third-order valence-corrected chi connectivity index (χ3v) is 8.22. The summed E-state index contributed by atoms with van der Waals surface area (Å²) in [4.78, 5) is 26.2. The summed E-state index contributed by atoms with van der Waals surface area (Å²) in [5, 5.41) is 2.28. The Bertz CT molecular complexity index is 1570. The van der Waals surface area contributed by atoms with Crippen molar-refractivity contribution in [3.63, 3.8) is 0 Å². The molecular weight excluding hydrogens is 556 g/mol. The van der Waals surface area contributed by atoms with Crippen molar-refractivity contribution in [2.24, 2.45) is 0 Å². The Morgan fingerprint density at radius 2 is 1.77 bits per heavy atom. The van der Waals surface area contributed by atoms with Gasteiger partial charge < -0.3 is 9.47 Å². The van der Waals surface area contributed by atoms with Crippen LogP contribution in [0.1, 0.15) is 43.9 Å². The molecule has 1 heterocycles. The molecule has 1 aliphatic rings. The standard InChI is InChI=1S/C31H26ClF2NO4S/c1-3-38-29(36)31(13-14-31)20-9-11-23(19-7-5-4-6-8-19)24(15-20)28-26(17-27(34)40-28)35-30(37)39-18(2)22-12-10-21(33)16-25(22)32/h4-12,15-18H,3,13-14H2,1-2H3,(H,35,37). The lowest BCUT2D eigenvalue weighted by atomic mass is 9.89. The highest BCUT2D eigenvalue weighted by Crippen LogP contribution is 2.52. The third kappa shape index (κ3) is 5.60. The highest BCUT2D eigenvalue weighted by Gasteiger charge is 2.53. The van der Waals surface area contributed by atoms with Crippen molar-refractivity contribution in [2.45, 2.75) is 38.2 Å². The van der Waals surface area contributed by atoms with E-state index in [1.54, 1.807) is 13.8 Å². The van der Waals surface area contributed by atoms with E-state index in [2.05, 4.69) is 5.32 Å². The predicted molar refractivity (Wildman–Crippen MR) is 153 cm³/mol. The number of amides is 1. The van der Waals surface area contributed by atoms with E-state index in [0.717, 1.165) is 34.1 Å². The molecule has 5 rings (SSSR count). The summed E-state index contributed by atoms with van der Waals surface area (Å²) < 4.78 is 39.0. The van der Waals surface area contributed by atoms with E-state index in [0.29, 0.717) is 28.8 Å². The number of carbonyl (C=O) groups excluding carboxylic acids is 2. The topological polar surface area (TPSA) is 64.6 Å². The molecule has 1 saturated carbocycles. The lowest BCUT2D eigenvalue weighted by Crippen LogP contribution is -2.23. The van der Waals surface area contributed by atoms with Gasteiger partial charge in [-0.2, -0.15) is 4.39 Å². The fourth-order valence-electron chi connectivity index (χ4n) is 4.75. The molecule has 3 aromatic carbocycles. The van der Waals surface area contributed by atoms with Crippen LogP contribution in [0, 0.1) is 10.9 Å². The number of hydrogen-bond acceptors (Lipinski definition) is 5. The van der Waals surface area contributed by atoms with Gasteiger partial charge in [0.25, 0.3) is 0 Å². The molecule has 0 bridgehead atoms. The van der Waals surface area contributed by atoms with Gasteiger partial charge in [0.2, 0.25) is 0 Å². The number of hydrogen-bond donors (Lipinski definition) is 1. The molecule has 0 spiro atoms. The molecule has 206 valence electrons. The Hall–Kier alpha value is -3.75. The average Bonchev–Trinajstić information content (AvgIpc) is 3.66. The molecule has 1 fully saturated rings. The summed E-state index contributed by atoms with van der Waals surface area (Å²) >= 11 is 7.00. The van der Waals surface area contributed by atoms with Gasteiger partial charge in [0, 0.05) is 17.2 Å². The summed E-state index contributed by atoms with van der Waals surface area (Å²) in [5.74, 6) is -0.780. The Labute approximate surface area is 239 Å². The largest absolute Gasteiger partial charge is 0.465 e. The van der Waals surface area contributed by atoms with E-state index in [4.69, 9.17) is 21.1 Å². The predicted octanol–water partition coefficient (Wildman–Crippen LogP) is 8.92. The van der Waals surface area contributed by atoms with Gasteiger partial charge >= 0.3 is 12.1 Å². The average molecular weight is 582 g/mol. The first-order valence-corrected chi connectivity index (χ1v) is 14.0. The minimum absolute atomic E-state index is 0.127. The van der Waals surface area contributed by atoms with Gasteiger partial charge in [-0.1, -0.05) is 60.1 Å². The first kappa shape index (κ1) is 27.8. The van der Waals surface area contributed by atoms with Crippen molar-refractivity contribution in [2.75, 3.05) is 11.9 Å². The van der Waals surface area contributed by atoms with Gasteiger partial charge in [0.1, 0.15) is 11.9 Å². The molecule has 0 radical (unpaired) electrons. The molecule has 1 atom stereocenters. The van der Waals surface area contributed by atoms with Crippen LogP contribution >= 0.6 is 22.9 Å². The lowest BCUT2D eigenvalue weighted by molar-refractivity contribution is -0.146. The molecule has 9 heteroatoms. The molecular formula is C31H26ClF2NO4S. The highest BCUT2D eigenvalue weighted by molar-refractivity contribution is 7.14. The summed E-state index contributed by atoms with van der Waals surface area (Å²) in [6.45, 7) is 3.66. The zero-order valence-electron chi connectivity index (χ0n) is 21.8. The van der Waals surface area contributed by atoms with Crippen molar-refractivity contribution >= 4 is 40.7 Å². The number of rotatable bonds is 8. The maximum Gasteiger partial charge on any atom is 0.412 e. The first-order valence-electron chi connectivity index (χ1n) is 12.8. The monoisotopic (exact) mass is 581 g/mol. The van der Waals surface area contributed by atoms with Crippen LogP contribution in [0.25, 0.3) is 21.6 Å². The van der Waals surface area contributed by atoms with Crippen molar-refractivity contribution in [3.05, 3.63) is 99.9 Å². The molecule has 1 N–H and O–H groups in total. The van der Waals surface area contributed by atoms with Crippen LogP contribution < -0.4 is 5.32 Å². The first-order chi connectivity index (χ1) is 19.2. The summed E-state index contributed by atoms with van der Waals surface area (Å²) in [5.41, 5.74) is 3.08. The van der Waals surface area contributed by atoms with E-state index < -0.39 is 28.6 Å². The van der Waals surface area contributed by atoms with Gasteiger partial charge in [0.15, 0.2) is 5.13 Å². The lowest BCUT2D eigenvalue weighted by Gasteiger charge is -2.19. The smallest absolute Gasteiger partial charge is 0.412 e. The summed E-state index contributed by atoms with van der Waals surface area (Å²) in [6.07, 6.45) is -0.288. The van der Waals surface area contributed by atoms with Crippen molar-refractivity contribution in [3.8, 4) is 21.6 Å². The van der Waals surface area contributed by atoms with E-state index in [1.807, 2.05) is 48.5 Å². The van der Waals surface area contributed by atoms with Crippen LogP contribution in [0.15, 0.2) is 72.8 Å². The molecule has 1 aliphatic carbocycles. The van der Waals surface area contributed by atoms with E-state index in [1.165, 1.54) is 18.2 Å². The molecule has 1 amide bonds. The van der Waals surface area contributed by atoms with Crippen LogP contribution in [-0.4, -0.2) is 18.7 Å². The van der Waals surface area contributed by atoms with Gasteiger partial charge in [-0.25, -0.2) is 9.18 Å². The SMILES string of the molecule is CCOC(=O)C1(c2ccc(-c3ccccc3)c(-c3sc(F)cc3NC(=O)OC(C)c3ccc(F)cc3Cl)c2)CC1. The Balaban J connectivity index is 1.50. The van der Waals surface area contributed by atoms with Crippen molar-refractivity contribution in [1.82, 2.24) is 0 Å². The van der Waals surface area contributed by atoms with Crippen molar-refractivity contribution in [1.29, 1.82) is 0 Å². The number of halogens is 3. The van der Waals surface area contributed by atoms with Gasteiger partial charge in [-0.3, -0.25) is 10.1 Å². The number of thiophene rings is 1. The van der Waals surface area contributed by atoms with Crippen molar-refractivity contribution < 1.29 is 27.8 Å². The zero-order valence-corrected chi connectivity index (χ0v) is 23.4. The van der Waals surface area contributed by atoms with Crippen LogP contribution in [0.5, 0.6) is 0 Å². The molecule has 0 saturated heterocycles. The third-order valence-electron chi connectivity index (χ3n) is 6.94. The second-order valence-electron chi connectivity index (χ2n) is 9.56. The summed E-state index contributed by atoms with van der Waals surface area (Å²) in [6, 6.07) is 20.3. The number of anilines is 1. The molecule has 5 nitrogen and oxygen atoms in total. The molecule has 0 aliphatic heterocycles. The van der Waals surface area contributed by atoms with E-state index in [9.17, 15) is 18.4 Å². The van der Waals surface area contributed by atoms with Gasteiger partial charge in [0.05, 0.1) is 27.6 Å². The minimum Gasteiger partial charge on any atom is -0.465 e. The Kier molecular flexibility index (Phi) is 7.92. The molecule has 1 aromatic heterocycles. The number of benzene rings is 3. The maximum absolute atomic E-state index is 14.8. The Morgan fingerprint density at radius 1 is 1.02 bits per heavy atom. The van der Waals surface area contributed by atoms with Crippen LogP contribution in [0.4, 0.5) is 19.3 Å². The quantitative estimate of drug-likeness (QED) is 0.211. The number of carbonyl (C=O) groups is 2. The minimum atomic E-state index is -0.824. The van der Waals surface area contributed by atoms with Crippen LogP contribution in [0.2, 0.25) is 5.02 Å². The molecule has 40 heavy (non-hydrogen) atoms. The Morgan fingerprint density at radius 3 is 2.45 bits per heavy atom. The van der Waals surface area contributed by atoms with Crippen LogP contribution in [-0.2, 0) is 19.7 Å². The molecule has 1 unspecified atom stereocenters. The van der Waals surface area contributed by atoms with E-state index >= 15 is 0 Å². The maximum atomic E-state index is 14.8. The number of nitrogens with one attached hydrogen (secondary N) is 1. The van der Waals surface area contributed by atoms with E-state index in [-0.39, 0.29) is 23.3 Å². The van der Waals surface area contributed by atoms with Gasteiger partial charge in [-0.05, 0) is 61.6 Å². The normalized spacial score (nSPS) is 14.3. The number of esters is 1. The molecule has 4 aromatic rings. The number of ether oxygens (including phenoxy) is 2. The highest BCUT2D eigenvalue weighted by atomic mass is 35.5. The van der Waals surface area contributed by atoms with Gasteiger partial charge in [-0.15, -0.1) is 11.3 Å². The fraction of sp³-hybridized carbons (Fsp3) is 0.226. The second-order valence-corrected chi connectivity index (χ2v) is 11.0. The second kappa shape index (κ2) is 11.4. The fourth-order valence-corrected chi connectivity index (χ4v) is 5.94. The summed E-state index contributed by atoms with van der Waals surface area (Å²) in [7, 11) is 0. The zero-order chi connectivity index (χ0) is 28.4.